The van der Waals surface area contributed by atoms with Gasteiger partial charge >= 0.3 is 5.97 Å². The van der Waals surface area contributed by atoms with Gasteiger partial charge in [0.2, 0.25) is 0 Å². The molecule has 0 bridgehead atoms. The maximum atomic E-state index is 11.7. The fraction of sp³-hybridized carbons (Fsp3) is 0.960. The molecule has 0 saturated heterocycles. The third-order valence-corrected chi connectivity index (χ3v) is 10.6. The summed E-state index contributed by atoms with van der Waals surface area (Å²) in [5, 5.41) is 33.1. The van der Waals surface area contributed by atoms with Crippen LogP contribution in [0.4, 0.5) is 0 Å². The van der Waals surface area contributed by atoms with Crippen molar-refractivity contribution in [1.82, 2.24) is 0 Å². The standard InChI is InChI=1S/C25H42O5/c1-14(5-8-22(29)30-4)17-6-7-18-23-19(13-21(28)25(17,18)3)24(2)10-9-16(26)11-15(24)12-20(23)27/h14-21,23,26-28H,5-13H2,1-4H3/t14?,15?,16-,17?,18?,19?,20?,21+,23?,24?,25?/m1/s1. The lowest BCUT2D eigenvalue weighted by Gasteiger charge is -2.63. The predicted octanol–water partition coefficient (Wildman–Crippen LogP) is 3.54. The van der Waals surface area contributed by atoms with E-state index in [0.717, 1.165) is 51.4 Å². The van der Waals surface area contributed by atoms with Crippen molar-refractivity contribution in [3.63, 3.8) is 0 Å². The second-order valence-electron chi connectivity index (χ2n) is 11.6. The van der Waals surface area contributed by atoms with E-state index in [2.05, 4.69) is 20.8 Å². The SMILES string of the molecule is COC(=O)CCC(C)C1CCC2C3C(O)CC4C[C@H](O)CCC4(C)C3C[C@H](O)C12C. The molecule has 4 saturated carbocycles. The molecule has 9 unspecified atom stereocenters. The van der Waals surface area contributed by atoms with E-state index >= 15 is 0 Å². The topological polar surface area (TPSA) is 87.0 Å². The van der Waals surface area contributed by atoms with Gasteiger partial charge in [-0.2, -0.15) is 0 Å². The average molecular weight is 423 g/mol. The second kappa shape index (κ2) is 8.04. The zero-order valence-corrected chi connectivity index (χ0v) is 19.2. The first-order valence-electron chi connectivity index (χ1n) is 12.2. The molecule has 172 valence electrons. The average Bonchev–Trinajstić information content (AvgIpc) is 3.06. The van der Waals surface area contributed by atoms with Gasteiger partial charge in [0.25, 0.3) is 0 Å². The van der Waals surface area contributed by atoms with E-state index in [9.17, 15) is 20.1 Å². The maximum Gasteiger partial charge on any atom is 0.305 e. The van der Waals surface area contributed by atoms with Crippen LogP contribution in [0.3, 0.4) is 0 Å². The Morgan fingerprint density at radius 1 is 1.07 bits per heavy atom. The van der Waals surface area contributed by atoms with Crippen LogP contribution in [-0.4, -0.2) is 46.7 Å². The zero-order chi connectivity index (χ0) is 21.8. The lowest BCUT2D eigenvalue weighted by molar-refractivity contribution is -0.207. The summed E-state index contributed by atoms with van der Waals surface area (Å²) in [5.41, 5.74) is -0.0882. The number of carbonyl (C=O) groups is 1. The molecule has 0 heterocycles. The Labute approximate surface area is 181 Å². The van der Waals surface area contributed by atoms with Gasteiger partial charge < -0.3 is 20.1 Å². The van der Waals surface area contributed by atoms with Crippen LogP contribution in [-0.2, 0) is 9.53 Å². The molecule has 11 atom stereocenters. The van der Waals surface area contributed by atoms with Crippen molar-refractivity contribution in [2.75, 3.05) is 7.11 Å². The van der Waals surface area contributed by atoms with E-state index in [1.807, 2.05) is 0 Å². The zero-order valence-electron chi connectivity index (χ0n) is 19.2. The molecule has 4 aliphatic carbocycles. The fourth-order valence-corrected chi connectivity index (χ4v) is 8.78. The van der Waals surface area contributed by atoms with Gasteiger partial charge in [0, 0.05) is 6.42 Å². The van der Waals surface area contributed by atoms with Gasteiger partial charge in [0.15, 0.2) is 0 Å². The van der Waals surface area contributed by atoms with Crippen molar-refractivity contribution in [3.8, 4) is 0 Å². The van der Waals surface area contributed by atoms with E-state index in [4.69, 9.17) is 4.74 Å². The van der Waals surface area contributed by atoms with E-state index in [0.29, 0.717) is 36.0 Å². The molecule has 30 heavy (non-hydrogen) atoms. The number of fused-ring (bicyclic) bond motifs is 5. The summed E-state index contributed by atoms with van der Waals surface area (Å²) in [5.74, 6) is 1.81. The highest BCUT2D eigenvalue weighted by molar-refractivity contribution is 5.69. The van der Waals surface area contributed by atoms with Gasteiger partial charge in [-0.3, -0.25) is 4.79 Å². The Balaban J connectivity index is 1.58. The Kier molecular flexibility index (Phi) is 6.04. The molecule has 5 heteroatoms. The van der Waals surface area contributed by atoms with Gasteiger partial charge in [-0.05, 0) is 97.7 Å². The number of hydrogen-bond acceptors (Lipinski definition) is 5. The number of aliphatic hydroxyl groups is 3. The molecule has 4 rings (SSSR count). The van der Waals surface area contributed by atoms with Crippen LogP contribution < -0.4 is 0 Å². The Morgan fingerprint density at radius 3 is 2.50 bits per heavy atom. The molecular formula is C25H42O5. The fourth-order valence-electron chi connectivity index (χ4n) is 8.78. The number of rotatable bonds is 4. The highest BCUT2D eigenvalue weighted by atomic mass is 16.5. The molecular weight excluding hydrogens is 380 g/mol. The molecule has 0 spiro atoms. The molecule has 4 aliphatic rings. The molecule has 0 radical (unpaired) electrons. The number of carbonyl (C=O) groups excluding carboxylic acids is 1. The highest BCUT2D eigenvalue weighted by Crippen LogP contribution is 2.68. The highest BCUT2D eigenvalue weighted by Gasteiger charge is 2.65. The quantitative estimate of drug-likeness (QED) is 0.603. The summed E-state index contributed by atoms with van der Waals surface area (Å²) >= 11 is 0. The van der Waals surface area contributed by atoms with Crippen molar-refractivity contribution in [1.29, 1.82) is 0 Å². The maximum absolute atomic E-state index is 11.7. The minimum Gasteiger partial charge on any atom is -0.469 e. The first kappa shape index (κ1) is 22.5. The number of esters is 1. The summed E-state index contributed by atoms with van der Waals surface area (Å²) in [4.78, 5) is 11.7. The largest absolute Gasteiger partial charge is 0.469 e. The Morgan fingerprint density at radius 2 is 1.80 bits per heavy atom. The van der Waals surface area contributed by atoms with Gasteiger partial charge in [0.05, 0.1) is 25.4 Å². The molecule has 0 amide bonds. The van der Waals surface area contributed by atoms with Crippen molar-refractivity contribution in [3.05, 3.63) is 0 Å². The van der Waals surface area contributed by atoms with E-state index in [-0.39, 0.29) is 41.0 Å². The Hall–Kier alpha value is -0.650. The van der Waals surface area contributed by atoms with Crippen LogP contribution in [0.1, 0.15) is 78.6 Å². The van der Waals surface area contributed by atoms with Crippen molar-refractivity contribution >= 4 is 5.97 Å². The van der Waals surface area contributed by atoms with Crippen LogP contribution in [0.25, 0.3) is 0 Å². The summed E-state index contributed by atoms with van der Waals surface area (Å²) in [6.45, 7) is 6.85. The van der Waals surface area contributed by atoms with Crippen molar-refractivity contribution in [2.24, 2.45) is 46.3 Å². The van der Waals surface area contributed by atoms with Gasteiger partial charge in [0.1, 0.15) is 0 Å². The molecule has 3 N–H and O–H groups in total. The van der Waals surface area contributed by atoms with Crippen LogP contribution in [0.5, 0.6) is 0 Å². The van der Waals surface area contributed by atoms with Crippen LogP contribution in [0, 0.1) is 46.3 Å². The van der Waals surface area contributed by atoms with Gasteiger partial charge in [-0.15, -0.1) is 0 Å². The van der Waals surface area contributed by atoms with Crippen molar-refractivity contribution in [2.45, 2.75) is 96.9 Å². The lowest BCUT2D eigenvalue weighted by Crippen LogP contribution is -2.62. The number of ether oxygens (including phenoxy) is 1. The first-order chi connectivity index (χ1) is 14.1. The minimum atomic E-state index is -0.369. The van der Waals surface area contributed by atoms with Crippen molar-refractivity contribution < 1.29 is 24.9 Å². The summed E-state index contributed by atoms with van der Waals surface area (Å²) in [6, 6.07) is 0. The molecule has 0 aromatic heterocycles. The summed E-state index contributed by atoms with van der Waals surface area (Å²) in [7, 11) is 1.44. The van der Waals surface area contributed by atoms with Crippen LogP contribution in [0.15, 0.2) is 0 Å². The molecule has 5 nitrogen and oxygen atoms in total. The van der Waals surface area contributed by atoms with Gasteiger partial charge in [-0.25, -0.2) is 0 Å². The lowest BCUT2D eigenvalue weighted by atomic mass is 9.43. The van der Waals surface area contributed by atoms with Gasteiger partial charge in [-0.1, -0.05) is 20.8 Å². The number of hydrogen-bond donors (Lipinski definition) is 3. The van der Waals surface area contributed by atoms with Crippen LogP contribution in [0.2, 0.25) is 0 Å². The minimum absolute atomic E-state index is 0.111. The molecule has 4 fully saturated rings. The van der Waals surface area contributed by atoms with E-state index in [1.54, 1.807) is 0 Å². The third-order valence-electron chi connectivity index (χ3n) is 10.6. The summed E-state index contributed by atoms with van der Waals surface area (Å²) in [6.07, 6.45) is 6.60. The smallest absolute Gasteiger partial charge is 0.305 e. The number of aliphatic hydroxyl groups excluding tert-OH is 3. The van der Waals surface area contributed by atoms with E-state index < -0.39 is 0 Å². The van der Waals surface area contributed by atoms with Crippen LogP contribution >= 0.6 is 0 Å². The normalized spacial score (nSPS) is 51.4. The van der Waals surface area contributed by atoms with E-state index in [1.165, 1.54) is 7.11 Å². The monoisotopic (exact) mass is 422 g/mol. The molecule has 0 aliphatic heterocycles. The second-order valence-corrected chi connectivity index (χ2v) is 11.6. The Bertz CT molecular complexity index is 651. The molecule has 0 aromatic rings. The number of methoxy groups -OCH3 is 1. The third kappa shape index (κ3) is 3.34. The first-order valence-corrected chi connectivity index (χ1v) is 12.2. The predicted molar refractivity (Wildman–Crippen MR) is 114 cm³/mol. The summed E-state index contributed by atoms with van der Waals surface area (Å²) < 4.78 is 4.83. The molecule has 0 aromatic carbocycles.